The van der Waals surface area contributed by atoms with Crippen LogP contribution < -0.4 is 20.1 Å². The van der Waals surface area contributed by atoms with Crippen molar-refractivity contribution in [2.24, 2.45) is 22.0 Å². The molecule has 2 aromatic carbocycles. The zero-order valence-corrected chi connectivity index (χ0v) is 19.6. The zero-order valence-electron chi connectivity index (χ0n) is 18.8. The Balaban J connectivity index is 1.57. The summed E-state index contributed by atoms with van der Waals surface area (Å²) >= 11 is 1.40. The lowest BCUT2D eigenvalue weighted by Gasteiger charge is -2.47. The summed E-state index contributed by atoms with van der Waals surface area (Å²) in [5.74, 6) is 2.51. The van der Waals surface area contributed by atoms with E-state index in [4.69, 9.17) is 14.6 Å². The molecule has 0 radical (unpaired) electrons. The summed E-state index contributed by atoms with van der Waals surface area (Å²) in [7, 11) is 3.39. The van der Waals surface area contributed by atoms with Crippen LogP contribution in [0.2, 0.25) is 0 Å². The number of rotatable bonds is 5. The molecule has 3 aliphatic rings. The molecule has 1 saturated carbocycles. The third-order valence-corrected chi connectivity index (χ3v) is 7.57. The summed E-state index contributed by atoms with van der Waals surface area (Å²) in [5.41, 5.74) is 3.46. The van der Waals surface area contributed by atoms with Crippen LogP contribution in [0.25, 0.3) is 0 Å². The highest BCUT2D eigenvalue weighted by Crippen LogP contribution is 2.47. The predicted molar refractivity (Wildman–Crippen MR) is 131 cm³/mol. The van der Waals surface area contributed by atoms with E-state index in [-0.39, 0.29) is 29.8 Å². The molecule has 2 bridgehead atoms. The number of amides is 1. The number of nitrogens with one attached hydrogen (secondary N) is 2. The molecule has 0 spiro atoms. The molecule has 2 saturated heterocycles. The number of ether oxygens (including phenoxy) is 2. The number of piperidine rings is 1. The predicted octanol–water partition coefficient (Wildman–Crippen LogP) is 4.08. The van der Waals surface area contributed by atoms with Gasteiger partial charge in [0, 0.05) is 23.9 Å². The Labute approximate surface area is 198 Å². The van der Waals surface area contributed by atoms with Crippen molar-refractivity contribution in [3.63, 3.8) is 0 Å². The number of nitrogens with zero attached hydrogens (tertiary/aromatic N) is 2. The van der Waals surface area contributed by atoms with Crippen molar-refractivity contribution in [2.45, 2.75) is 31.3 Å². The van der Waals surface area contributed by atoms with Gasteiger partial charge < -0.3 is 20.1 Å². The molecule has 172 valence electrons. The summed E-state index contributed by atoms with van der Waals surface area (Å²) in [6.45, 7) is 0. The molecule has 4 atom stereocenters. The van der Waals surface area contributed by atoms with Gasteiger partial charge in [0.25, 0.3) is 0 Å². The lowest BCUT2D eigenvalue weighted by atomic mass is 9.67. The minimum absolute atomic E-state index is 0.0204. The molecule has 5 rings (SSSR count). The lowest BCUT2D eigenvalue weighted by Crippen LogP contribution is -2.50. The monoisotopic (exact) mass is 464 g/mol. The van der Waals surface area contributed by atoms with Crippen LogP contribution in [0.1, 0.15) is 42.5 Å². The van der Waals surface area contributed by atoms with E-state index in [0.717, 1.165) is 36.5 Å². The Morgan fingerprint density at radius 1 is 0.909 bits per heavy atom. The molecule has 2 heterocycles. The van der Waals surface area contributed by atoms with E-state index in [0.29, 0.717) is 10.9 Å². The van der Waals surface area contributed by atoms with Crippen LogP contribution in [0, 0.1) is 11.8 Å². The van der Waals surface area contributed by atoms with E-state index in [1.54, 1.807) is 14.2 Å². The van der Waals surface area contributed by atoms with Crippen LogP contribution in [0.4, 0.5) is 0 Å². The van der Waals surface area contributed by atoms with Gasteiger partial charge in [-0.3, -0.25) is 4.79 Å². The number of carbonyl (C=O) groups is 1. The fourth-order valence-corrected chi connectivity index (χ4v) is 5.81. The topological polar surface area (TPSA) is 84.3 Å². The van der Waals surface area contributed by atoms with Crippen LogP contribution in [0.15, 0.2) is 58.7 Å². The first-order chi connectivity index (χ1) is 16.2. The van der Waals surface area contributed by atoms with Gasteiger partial charge in [-0.25, -0.2) is 0 Å². The number of benzene rings is 2. The summed E-state index contributed by atoms with van der Waals surface area (Å²) in [4.78, 5) is 11.6. The van der Waals surface area contributed by atoms with Gasteiger partial charge in [-0.1, -0.05) is 42.4 Å². The van der Waals surface area contributed by atoms with E-state index >= 15 is 0 Å². The molecule has 4 unspecified atom stereocenters. The average Bonchev–Trinajstić information content (AvgIpc) is 3.27. The van der Waals surface area contributed by atoms with Crippen molar-refractivity contribution in [1.82, 2.24) is 10.6 Å². The van der Waals surface area contributed by atoms with Gasteiger partial charge in [0.15, 0.2) is 5.17 Å². The number of carbonyl (C=O) groups excluding carboxylic acids is 1. The Kier molecular flexibility index (Phi) is 6.37. The number of thioether (sulfide) groups is 1. The molecule has 33 heavy (non-hydrogen) atoms. The van der Waals surface area contributed by atoms with E-state index in [1.807, 2.05) is 24.3 Å². The molecule has 7 nitrogen and oxygen atoms in total. The van der Waals surface area contributed by atoms with Crippen LogP contribution in [-0.4, -0.2) is 36.8 Å². The van der Waals surface area contributed by atoms with Gasteiger partial charge in [0.1, 0.15) is 11.5 Å². The molecule has 2 aliphatic heterocycles. The molecule has 1 aliphatic carbocycles. The number of hydrogen-bond donors (Lipinski definition) is 2. The first-order valence-electron chi connectivity index (χ1n) is 11.3. The largest absolute Gasteiger partial charge is 0.497 e. The highest BCUT2D eigenvalue weighted by atomic mass is 32.2. The van der Waals surface area contributed by atoms with Crippen molar-refractivity contribution >= 4 is 28.5 Å². The first-order valence-corrected chi connectivity index (χ1v) is 12.3. The summed E-state index contributed by atoms with van der Waals surface area (Å²) < 4.78 is 11.0. The zero-order chi connectivity index (χ0) is 22.8. The number of methoxy groups -OCH3 is 2. The Hall–Kier alpha value is -2.84. The Morgan fingerprint density at radius 2 is 1.52 bits per heavy atom. The molecular weight excluding hydrogens is 436 g/mol. The molecule has 2 N–H and O–H groups in total. The van der Waals surface area contributed by atoms with E-state index in [1.165, 1.54) is 22.9 Å². The van der Waals surface area contributed by atoms with Crippen molar-refractivity contribution in [2.75, 3.05) is 20.0 Å². The normalized spacial score (nSPS) is 27.9. The van der Waals surface area contributed by atoms with Crippen molar-refractivity contribution < 1.29 is 14.3 Å². The number of fused-ring (bicyclic) bond motifs is 2. The SMILES string of the molecule is COc1cccc(C2NC(c3cccc(OC)c3)C3CCCC2C3=N/N=C2/NC(=O)CS2)c1. The van der Waals surface area contributed by atoms with Crippen LogP contribution in [0.3, 0.4) is 0 Å². The van der Waals surface area contributed by atoms with E-state index in [9.17, 15) is 4.79 Å². The fraction of sp³-hybridized carbons (Fsp3) is 0.400. The molecule has 1 amide bonds. The van der Waals surface area contributed by atoms with Gasteiger partial charge >= 0.3 is 0 Å². The molecule has 2 aromatic rings. The van der Waals surface area contributed by atoms with Gasteiger partial charge in [-0.15, -0.1) is 5.10 Å². The third kappa shape index (κ3) is 4.50. The highest BCUT2D eigenvalue weighted by Gasteiger charge is 2.45. The second-order valence-corrected chi connectivity index (χ2v) is 9.55. The molecule has 3 fully saturated rings. The maximum absolute atomic E-state index is 11.6. The Morgan fingerprint density at radius 3 is 2.03 bits per heavy atom. The number of amidine groups is 1. The van der Waals surface area contributed by atoms with Crippen LogP contribution in [-0.2, 0) is 4.79 Å². The first kappa shape index (κ1) is 22.0. The smallest absolute Gasteiger partial charge is 0.236 e. The second kappa shape index (κ2) is 9.57. The standard InChI is InChI=1S/C25H28N4O3S/c1-31-17-8-3-6-15(12-17)22-19-10-5-11-20(24(19)28-29-25-26-21(30)14-33-25)23(27-22)16-7-4-9-18(13-16)32-2/h3-4,6-9,12-13,19-20,22-23,27H,5,10-11,14H2,1-2H3,(H,26,29,30). The highest BCUT2D eigenvalue weighted by molar-refractivity contribution is 8.15. The quantitative estimate of drug-likeness (QED) is 0.652. The summed E-state index contributed by atoms with van der Waals surface area (Å²) in [6.07, 6.45) is 3.22. The lowest BCUT2D eigenvalue weighted by molar-refractivity contribution is -0.116. The van der Waals surface area contributed by atoms with Crippen LogP contribution in [0.5, 0.6) is 11.5 Å². The van der Waals surface area contributed by atoms with Gasteiger partial charge in [-0.05, 0) is 48.2 Å². The van der Waals surface area contributed by atoms with E-state index in [2.05, 4.69) is 40.0 Å². The van der Waals surface area contributed by atoms with Crippen LogP contribution >= 0.6 is 11.8 Å². The van der Waals surface area contributed by atoms with Gasteiger partial charge in [-0.2, -0.15) is 5.10 Å². The maximum atomic E-state index is 11.6. The van der Waals surface area contributed by atoms with Crippen molar-refractivity contribution in [3.05, 3.63) is 59.7 Å². The fourth-order valence-electron chi connectivity index (χ4n) is 5.19. The van der Waals surface area contributed by atoms with Crippen molar-refractivity contribution in [3.8, 4) is 11.5 Å². The molecule has 8 heteroatoms. The number of hydrogen-bond acceptors (Lipinski definition) is 7. The summed E-state index contributed by atoms with van der Waals surface area (Å²) in [5, 5.41) is 16.6. The Bertz CT molecular complexity index is 1040. The third-order valence-electron chi connectivity index (χ3n) is 6.70. The van der Waals surface area contributed by atoms with Crippen molar-refractivity contribution in [1.29, 1.82) is 0 Å². The van der Waals surface area contributed by atoms with Gasteiger partial charge in [0.05, 0.1) is 25.7 Å². The summed E-state index contributed by atoms with van der Waals surface area (Å²) in [6, 6.07) is 16.7. The minimum Gasteiger partial charge on any atom is -0.497 e. The molecular formula is C25H28N4O3S. The second-order valence-electron chi connectivity index (χ2n) is 8.59. The average molecular weight is 465 g/mol. The molecule has 0 aromatic heterocycles. The van der Waals surface area contributed by atoms with E-state index < -0.39 is 0 Å². The minimum atomic E-state index is -0.0204. The maximum Gasteiger partial charge on any atom is 0.236 e. The van der Waals surface area contributed by atoms with Gasteiger partial charge in [0.2, 0.25) is 5.91 Å².